The van der Waals surface area contributed by atoms with E-state index in [1.54, 1.807) is 18.2 Å². The smallest absolute Gasteiger partial charge is 0.142 e. The van der Waals surface area contributed by atoms with Crippen molar-refractivity contribution in [1.82, 2.24) is 0 Å². The maximum absolute atomic E-state index is 10.1. The van der Waals surface area contributed by atoms with Crippen molar-refractivity contribution in [1.29, 1.82) is 0 Å². The van der Waals surface area contributed by atoms with E-state index in [2.05, 4.69) is 0 Å². The zero-order chi connectivity index (χ0) is 9.97. The predicted molar refractivity (Wildman–Crippen MR) is 56.3 cm³/mol. The molecule has 2 aromatic rings. The van der Waals surface area contributed by atoms with E-state index >= 15 is 0 Å². The first-order chi connectivity index (χ1) is 6.79. The Hall–Kier alpha value is -1.54. The first kappa shape index (κ1) is 9.03. The van der Waals surface area contributed by atoms with E-state index < -0.39 is 0 Å². The second-order valence-electron chi connectivity index (χ2n) is 2.83. The summed E-state index contributed by atoms with van der Waals surface area (Å²) in [5.41, 5.74) is 0.764. The molecule has 70 valence electrons. The SMILES string of the molecule is O=CC=Cc1cc2cc(Cl)ccc2o1. The lowest BCUT2D eigenvalue weighted by Gasteiger charge is -1.87. The molecular formula is C11H7ClO2. The molecule has 0 bridgehead atoms. The number of furan rings is 1. The molecule has 0 saturated carbocycles. The van der Waals surface area contributed by atoms with Crippen LogP contribution in [0.1, 0.15) is 5.76 Å². The van der Waals surface area contributed by atoms with Crippen molar-refractivity contribution in [3.8, 4) is 0 Å². The number of fused-ring (bicyclic) bond motifs is 1. The van der Waals surface area contributed by atoms with Gasteiger partial charge in [0.05, 0.1) is 0 Å². The minimum absolute atomic E-state index is 0.648. The molecular weight excluding hydrogens is 200 g/mol. The van der Waals surface area contributed by atoms with E-state index in [0.29, 0.717) is 17.1 Å². The van der Waals surface area contributed by atoms with Crippen molar-refractivity contribution in [2.75, 3.05) is 0 Å². The summed E-state index contributed by atoms with van der Waals surface area (Å²) in [5.74, 6) is 0.648. The van der Waals surface area contributed by atoms with Crippen molar-refractivity contribution >= 4 is 34.9 Å². The lowest BCUT2D eigenvalue weighted by Crippen LogP contribution is -1.62. The number of aldehydes is 1. The number of carbonyl (C=O) groups excluding carboxylic acids is 1. The van der Waals surface area contributed by atoms with E-state index in [0.717, 1.165) is 11.0 Å². The molecule has 0 fully saturated rings. The number of allylic oxidation sites excluding steroid dienone is 1. The quantitative estimate of drug-likeness (QED) is 0.558. The second kappa shape index (κ2) is 3.68. The topological polar surface area (TPSA) is 30.2 Å². The number of hydrogen-bond donors (Lipinski definition) is 0. The molecule has 14 heavy (non-hydrogen) atoms. The molecule has 0 unspecified atom stereocenters. The van der Waals surface area contributed by atoms with Gasteiger partial charge in [0.15, 0.2) is 0 Å². The van der Waals surface area contributed by atoms with Gasteiger partial charge in [-0.2, -0.15) is 0 Å². The van der Waals surface area contributed by atoms with Crippen molar-refractivity contribution in [3.05, 3.63) is 41.1 Å². The van der Waals surface area contributed by atoms with Gasteiger partial charge in [-0.15, -0.1) is 0 Å². The molecule has 0 aliphatic heterocycles. The van der Waals surface area contributed by atoms with Crippen LogP contribution in [0.4, 0.5) is 0 Å². The Morgan fingerprint density at radius 1 is 1.29 bits per heavy atom. The fourth-order valence-corrected chi connectivity index (χ4v) is 1.43. The molecule has 0 amide bonds. The molecule has 1 aromatic heterocycles. The molecule has 0 N–H and O–H groups in total. The first-order valence-electron chi connectivity index (χ1n) is 4.10. The van der Waals surface area contributed by atoms with Gasteiger partial charge >= 0.3 is 0 Å². The maximum Gasteiger partial charge on any atom is 0.142 e. The van der Waals surface area contributed by atoms with Gasteiger partial charge in [0.25, 0.3) is 0 Å². The van der Waals surface area contributed by atoms with Gasteiger partial charge in [-0.25, -0.2) is 0 Å². The number of hydrogen-bond acceptors (Lipinski definition) is 2. The third-order valence-electron chi connectivity index (χ3n) is 1.84. The second-order valence-corrected chi connectivity index (χ2v) is 3.26. The van der Waals surface area contributed by atoms with Crippen LogP contribution in [-0.4, -0.2) is 6.29 Å². The molecule has 0 aliphatic carbocycles. The third-order valence-corrected chi connectivity index (χ3v) is 2.07. The lowest BCUT2D eigenvalue weighted by atomic mass is 10.2. The molecule has 0 atom stereocenters. The Morgan fingerprint density at radius 3 is 2.93 bits per heavy atom. The van der Waals surface area contributed by atoms with Crippen LogP contribution in [0.15, 0.2) is 34.8 Å². The van der Waals surface area contributed by atoms with Gasteiger partial charge in [-0.3, -0.25) is 4.79 Å². The van der Waals surface area contributed by atoms with E-state index in [4.69, 9.17) is 16.0 Å². The highest BCUT2D eigenvalue weighted by Gasteiger charge is 2.00. The highest BCUT2D eigenvalue weighted by atomic mass is 35.5. The summed E-state index contributed by atoms with van der Waals surface area (Å²) in [7, 11) is 0. The highest BCUT2D eigenvalue weighted by Crippen LogP contribution is 2.23. The van der Waals surface area contributed by atoms with E-state index in [1.165, 1.54) is 6.08 Å². The van der Waals surface area contributed by atoms with Crippen LogP contribution in [0.5, 0.6) is 0 Å². The standard InChI is InChI=1S/C11H7ClO2/c12-9-3-4-11-8(6-9)7-10(14-11)2-1-5-13/h1-7H. The monoisotopic (exact) mass is 206 g/mol. The van der Waals surface area contributed by atoms with Crippen LogP contribution in [0.3, 0.4) is 0 Å². The molecule has 1 heterocycles. The van der Waals surface area contributed by atoms with Gasteiger partial charge in [0.2, 0.25) is 0 Å². The minimum Gasteiger partial charge on any atom is -0.457 e. The van der Waals surface area contributed by atoms with Crippen molar-refractivity contribution in [3.63, 3.8) is 0 Å². The van der Waals surface area contributed by atoms with Crippen LogP contribution >= 0.6 is 11.6 Å². The fourth-order valence-electron chi connectivity index (χ4n) is 1.25. The molecule has 0 radical (unpaired) electrons. The maximum atomic E-state index is 10.1. The zero-order valence-corrected chi connectivity index (χ0v) is 7.99. The Morgan fingerprint density at radius 2 is 2.14 bits per heavy atom. The summed E-state index contributed by atoms with van der Waals surface area (Å²) in [6.07, 6.45) is 3.71. The van der Waals surface area contributed by atoms with Crippen LogP contribution in [0.25, 0.3) is 17.0 Å². The van der Waals surface area contributed by atoms with Gasteiger partial charge in [0.1, 0.15) is 17.6 Å². The van der Waals surface area contributed by atoms with Crippen LogP contribution in [0, 0.1) is 0 Å². The first-order valence-corrected chi connectivity index (χ1v) is 4.48. The molecule has 2 nitrogen and oxygen atoms in total. The summed E-state index contributed by atoms with van der Waals surface area (Å²) < 4.78 is 5.42. The summed E-state index contributed by atoms with van der Waals surface area (Å²) in [4.78, 5) is 10.1. The summed E-state index contributed by atoms with van der Waals surface area (Å²) in [6, 6.07) is 7.22. The molecule has 0 aliphatic rings. The minimum atomic E-state index is 0.648. The average molecular weight is 207 g/mol. The number of rotatable bonds is 2. The van der Waals surface area contributed by atoms with E-state index in [-0.39, 0.29) is 0 Å². The normalized spacial score (nSPS) is 11.2. The summed E-state index contributed by atoms with van der Waals surface area (Å²) >= 11 is 5.82. The van der Waals surface area contributed by atoms with Gasteiger partial charge in [0, 0.05) is 10.4 Å². The van der Waals surface area contributed by atoms with Gasteiger partial charge < -0.3 is 4.42 Å². The van der Waals surface area contributed by atoms with Crippen LogP contribution in [0.2, 0.25) is 5.02 Å². The van der Waals surface area contributed by atoms with Gasteiger partial charge in [-0.1, -0.05) is 11.6 Å². The predicted octanol–water partition coefficient (Wildman–Crippen LogP) is 3.30. The Kier molecular flexibility index (Phi) is 2.37. The van der Waals surface area contributed by atoms with E-state index in [9.17, 15) is 4.79 Å². The number of benzene rings is 1. The van der Waals surface area contributed by atoms with Crippen molar-refractivity contribution in [2.45, 2.75) is 0 Å². The van der Waals surface area contributed by atoms with Crippen LogP contribution in [-0.2, 0) is 4.79 Å². The summed E-state index contributed by atoms with van der Waals surface area (Å²) in [6.45, 7) is 0. The Balaban J connectivity index is 2.51. The van der Waals surface area contributed by atoms with E-state index in [1.807, 2.05) is 12.1 Å². The molecule has 2 rings (SSSR count). The van der Waals surface area contributed by atoms with Gasteiger partial charge in [-0.05, 0) is 36.4 Å². The fraction of sp³-hybridized carbons (Fsp3) is 0. The molecule has 1 aromatic carbocycles. The highest BCUT2D eigenvalue weighted by molar-refractivity contribution is 6.31. The Labute approximate surface area is 85.8 Å². The average Bonchev–Trinajstić information content (AvgIpc) is 2.56. The van der Waals surface area contributed by atoms with Crippen molar-refractivity contribution < 1.29 is 9.21 Å². The molecule has 3 heteroatoms. The number of halogens is 1. The molecule has 0 saturated heterocycles. The third kappa shape index (κ3) is 1.70. The lowest BCUT2D eigenvalue weighted by molar-refractivity contribution is -0.104. The zero-order valence-electron chi connectivity index (χ0n) is 7.24. The largest absolute Gasteiger partial charge is 0.457 e. The number of carbonyl (C=O) groups is 1. The van der Waals surface area contributed by atoms with Crippen LogP contribution < -0.4 is 0 Å². The Bertz CT molecular complexity index is 497. The van der Waals surface area contributed by atoms with Crippen molar-refractivity contribution in [2.24, 2.45) is 0 Å². The summed E-state index contributed by atoms with van der Waals surface area (Å²) in [5, 5.41) is 1.60. The molecule has 0 spiro atoms.